The number of nitrogens with zero attached hydrogens (tertiary/aromatic N) is 2. The van der Waals surface area contributed by atoms with Crippen LogP contribution in [0.4, 0.5) is 15.8 Å². The topological polar surface area (TPSA) is 45.2 Å². The lowest BCUT2D eigenvalue weighted by atomic mass is 10.1. The molecule has 3 rings (SSSR count). The largest absolute Gasteiger partial charge is 0.370 e. The SMILES string of the molecule is O=C(Nc1ccccc1F)c1cncc(N2CCCCC2)c1. The molecule has 5 heteroatoms. The van der Waals surface area contributed by atoms with Crippen molar-refractivity contribution in [3.05, 3.63) is 54.1 Å². The summed E-state index contributed by atoms with van der Waals surface area (Å²) in [4.78, 5) is 18.6. The number of benzene rings is 1. The standard InChI is InChI=1S/C17H18FN3O/c18-15-6-2-3-7-16(15)20-17(22)13-10-14(12-19-11-13)21-8-4-1-5-9-21/h2-3,6-7,10-12H,1,4-5,8-9H2,(H,20,22). The van der Waals surface area contributed by atoms with Crippen LogP contribution >= 0.6 is 0 Å². The fourth-order valence-corrected chi connectivity index (χ4v) is 2.63. The summed E-state index contributed by atoms with van der Waals surface area (Å²) in [6, 6.07) is 7.94. The second-order valence-electron chi connectivity index (χ2n) is 5.41. The highest BCUT2D eigenvalue weighted by molar-refractivity contribution is 6.04. The minimum Gasteiger partial charge on any atom is -0.370 e. The monoisotopic (exact) mass is 299 g/mol. The number of para-hydroxylation sites is 1. The Morgan fingerprint density at radius 2 is 1.91 bits per heavy atom. The molecule has 0 aliphatic carbocycles. The lowest BCUT2D eigenvalue weighted by Crippen LogP contribution is -2.29. The van der Waals surface area contributed by atoms with E-state index in [0.29, 0.717) is 5.56 Å². The van der Waals surface area contributed by atoms with Crippen molar-refractivity contribution in [2.24, 2.45) is 0 Å². The van der Waals surface area contributed by atoms with Gasteiger partial charge in [0.25, 0.3) is 5.91 Å². The molecule has 0 atom stereocenters. The van der Waals surface area contributed by atoms with Crippen LogP contribution in [0.2, 0.25) is 0 Å². The molecule has 1 aliphatic heterocycles. The number of hydrogen-bond donors (Lipinski definition) is 1. The maximum Gasteiger partial charge on any atom is 0.257 e. The third kappa shape index (κ3) is 3.24. The van der Waals surface area contributed by atoms with Crippen LogP contribution in [0.5, 0.6) is 0 Å². The number of hydrogen-bond acceptors (Lipinski definition) is 3. The van der Waals surface area contributed by atoms with Gasteiger partial charge in [0.15, 0.2) is 0 Å². The number of anilines is 2. The number of piperidine rings is 1. The molecule has 2 aromatic rings. The van der Waals surface area contributed by atoms with E-state index < -0.39 is 5.82 Å². The van der Waals surface area contributed by atoms with E-state index in [1.165, 1.54) is 24.8 Å². The van der Waals surface area contributed by atoms with Gasteiger partial charge in [-0.05, 0) is 37.5 Å². The van der Waals surface area contributed by atoms with Gasteiger partial charge in [0.2, 0.25) is 0 Å². The first-order chi connectivity index (χ1) is 10.7. The van der Waals surface area contributed by atoms with Crippen LogP contribution in [-0.2, 0) is 0 Å². The fourth-order valence-electron chi connectivity index (χ4n) is 2.63. The van der Waals surface area contributed by atoms with Crippen LogP contribution in [0.15, 0.2) is 42.7 Å². The van der Waals surface area contributed by atoms with Crippen molar-refractivity contribution in [1.82, 2.24) is 4.98 Å². The lowest BCUT2D eigenvalue weighted by Gasteiger charge is -2.28. The van der Waals surface area contributed by atoms with Crippen molar-refractivity contribution >= 4 is 17.3 Å². The summed E-state index contributed by atoms with van der Waals surface area (Å²) < 4.78 is 13.6. The molecule has 1 aliphatic rings. The Hall–Kier alpha value is -2.43. The summed E-state index contributed by atoms with van der Waals surface area (Å²) >= 11 is 0. The molecule has 4 nitrogen and oxygen atoms in total. The maximum absolute atomic E-state index is 13.6. The van der Waals surface area contributed by atoms with Crippen molar-refractivity contribution in [2.45, 2.75) is 19.3 Å². The Morgan fingerprint density at radius 1 is 1.14 bits per heavy atom. The molecule has 1 amide bonds. The number of aromatic nitrogens is 1. The summed E-state index contributed by atoms with van der Waals surface area (Å²) in [6.07, 6.45) is 6.84. The Morgan fingerprint density at radius 3 is 2.68 bits per heavy atom. The average molecular weight is 299 g/mol. The number of halogens is 1. The van der Waals surface area contributed by atoms with Crippen LogP contribution in [0.1, 0.15) is 29.6 Å². The van der Waals surface area contributed by atoms with Crippen LogP contribution in [0.3, 0.4) is 0 Å². The van der Waals surface area contributed by atoms with E-state index in [-0.39, 0.29) is 11.6 Å². The second kappa shape index (κ2) is 6.56. The molecule has 1 aromatic carbocycles. The molecule has 1 aromatic heterocycles. The van der Waals surface area contributed by atoms with Crippen LogP contribution < -0.4 is 10.2 Å². The average Bonchev–Trinajstić information content (AvgIpc) is 2.58. The van der Waals surface area contributed by atoms with Gasteiger partial charge >= 0.3 is 0 Å². The molecule has 0 radical (unpaired) electrons. The summed E-state index contributed by atoms with van der Waals surface area (Å²) in [7, 11) is 0. The summed E-state index contributed by atoms with van der Waals surface area (Å²) in [6.45, 7) is 1.97. The molecule has 0 unspecified atom stereocenters. The van der Waals surface area contributed by atoms with E-state index in [9.17, 15) is 9.18 Å². The highest BCUT2D eigenvalue weighted by Crippen LogP contribution is 2.21. The molecule has 1 fully saturated rings. The molecule has 2 heterocycles. The first-order valence-corrected chi connectivity index (χ1v) is 7.50. The zero-order valence-electron chi connectivity index (χ0n) is 12.3. The van der Waals surface area contributed by atoms with Gasteiger partial charge in [0.1, 0.15) is 5.82 Å². The van der Waals surface area contributed by atoms with Gasteiger partial charge < -0.3 is 10.2 Å². The lowest BCUT2D eigenvalue weighted by molar-refractivity contribution is 0.102. The molecule has 0 bridgehead atoms. The molecular weight excluding hydrogens is 281 g/mol. The van der Waals surface area contributed by atoms with Gasteiger partial charge in [-0.1, -0.05) is 12.1 Å². The minimum absolute atomic E-state index is 0.177. The Bertz CT molecular complexity index is 668. The van der Waals surface area contributed by atoms with E-state index in [1.54, 1.807) is 18.3 Å². The summed E-state index contributed by atoms with van der Waals surface area (Å²) in [5, 5.41) is 2.58. The van der Waals surface area contributed by atoms with Gasteiger partial charge in [-0.3, -0.25) is 9.78 Å². The first kappa shape index (κ1) is 14.5. The maximum atomic E-state index is 13.6. The number of carbonyl (C=O) groups excluding carboxylic acids is 1. The molecule has 114 valence electrons. The smallest absolute Gasteiger partial charge is 0.257 e. The Kier molecular flexibility index (Phi) is 4.32. The number of pyridine rings is 1. The van der Waals surface area contributed by atoms with Crippen molar-refractivity contribution in [3.8, 4) is 0 Å². The summed E-state index contributed by atoms with van der Waals surface area (Å²) in [5.74, 6) is -0.799. The zero-order valence-corrected chi connectivity index (χ0v) is 12.3. The van der Waals surface area contributed by atoms with Crippen LogP contribution in [-0.4, -0.2) is 24.0 Å². The predicted octanol–water partition coefficient (Wildman–Crippen LogP) is 3.46. The normalized spacial score (nSPS) is 14.7. The minimum atomic E-state index is -0.448. The fraction of sp³-hybridized carbons (Fsp3) is 0.294. The van der Waals surface area contributed by atoms with Crippen molar-refractivity contribution in [3.63, 3.8) is 0 Å². The van der Waals surface area contributed by atoms with E-state index >= 15 is 0 Å². The Balaban J connectivity index is 1.76. The third-order valence-electron chi connectivity index (χ3n) is 3.83. The van der Waals surface area contributed by atoms with Crippen LogP contribution in [0, 0.1) is 5.82 Å². The number of rotatable bonds is 3. The third-order valence-corrected chi connectivity index (χ3v) is 3.83. The van der Waals surface area contributed by atoms with Gasteiger partial charge in [0, 0.05) is 19.3 Å². The molecular formula is C17H18FN3O. The molecule has 0 saturated carbocycles. The van der Waals surface area contributed by atoms with E-state index in [2.05, 4.69) is 15.2 Å². The van der Waals surface area contributed by atoms with Crippen molar-refractivity contribution in [2.75, 3.05) is 23.3 Å². The highest BCUT2D eigenvalue weighted by atomic mass is 19.1. The van der Waals surface area contributed by atoms with Crippen molar-refractivity contribution < 1.29 is 9.18 Å². The molecule has 22 heavy (non-hydrogen) atoms. The second-order valence-corrected chi connectivity index (χ2v) is 5.41. The summed E-state index contributed by atoms with van der Waals surface area (Å²) in [5.41, 5.74) is 1.56. The molecule has 0 spiro atoms. The number of nitrogens with one attached hydrogen (secondary N) is 1. The van der Waals surface area contributed by atoms with E-state index in [0.717, 1.165) is 31.6 Å². The van der Waals surface area contributed by atoms with E-state index in [4.69, 9.17) is 0 Å². The first-order valence-electron chi connectivity index (χ1n) is 7.50. The number of amides is 1. The quantitative estimate of drug-likeness (QED) is 0.944. The molecule has 1 N–H and O–H groups in total. The van der Waals surface area contributed by atoms with Crippen LogP contribution in [0.25, 0.3) is 0 Å². The molecule has 1 saturated heterocycles. The Labute approximate surface area is 129 Å². The van der Waals surface area contributed by atoms with Gasteiger partial charge in [-0.2, -0.15) is 0 Å². The van der Waals surface area contributed by atoms with Crippen molar-refractivity contribution in [1.29, 1.82) is 0 Å². The predicted molar refractivity (Wildman–Crippen MR) is 84.7 cm³/mol. The zero-order chi connectivity index (χ0) is 15.4. The van der Waals surface area contributed by atoms with Gasteiger partial charge in [-0.15, -0.1) is 0 Å². The highest BCUT2D eigenvalue weighted by Gasteiger charge is 2.14. The van der Waals surface area contributed by atoms with Gasteiger partial charge in [0.05, 0.1) is 23.1 Å². The van der Waals surface area contributed by atoms with E-state index in [1.807, 2.05) is 6.07 Å². The number of carbonyl (C=O) groups is 1. The van der Waals surface area contributed by atoms with Gasteiger partial charge in [-0.25, -0.2) is 4.39 Å².